The number of benzene rings is 2. The number of amides is 2. The Balaban J connectivity index is 1.79. The Morgan fingerprint density at radius 2 is 1.90 bits per heavy atom. The van der Waals surface area contributed by atoms with Gasteiger partial charge in [-0.15, -0.1) is 0 Å². The van der Waals surface area contributed by atoms with Crippen molar-refractivity contribution < 1.29 is 18.0 Å². The van der Waals surface area contributed by atoms with E-state index < -0.39 is 16.1 Å². The van der Waals surface area contributed by atoms with E-state index in [0.717, 1.165) is 12.8 Å². The van der Waals surface area contributed by atoms with Crippen LogP contribution in [-0.4, -0.2) is 43.8 Å². The molecule has 0 aromatic heterocycles. The predicted molar refractivity (Wildman–Crippen MR) is 120 cm³/mol. The van der Waals surface area contributed by atoms with Crippen molar-refractivity contribution in [3.63, 3.8) is 0 Å². The van der Waals surface area contributed by atoms with E-state index >= 15 is 0 Å². The summed E-state index contributed by atoms with van der Waals surface area (Å²) in [5, 5.41) is 2.95. The molecule has 0 radical (unpaired) electrons. The summed E-state index contributed by atoms with van der Waals surface area (Å²) in [7, 11) is -3.79. The second-order valence-corrected chi connectivity index (χ2v) is 9.58. The minimum Gasteiger partial charge on any atom is -0.352 e. The molecule has 0 aliphatic carbocycles. The summed E-state index contributed by atoms with van der Waals surface area (Å²) in [6.45, 7) is 6.15. The Hall–Kier alpha value is -2.87. The minimum absolute atomic E-state index is 0.0456. The largest absolute Gasteiger partial charge is 0.352 e. The highest BCUT2D eigenvalue weighted by atomic mass is 32.2. The molecule has 1 aliphatic rings. The number of likely N-dealkylation sites (tertiary alicyclic amines) is 1. The molecule has 0 spiro atoms. The number of nitrogens with one attached hydrogen (secondary N) is 2. The first-order valence-corrected chi connectivity index (χ1v) is 12.0. The van der Waals surface area contributed by atoms with E-state index in [-0.39, 0.29) is 22.8 Å². The molecule has 2 aromatic rings. The first kappa shape index (κ1) is 22.8. The molecule has 1 aliphatic heterocycles. The predicted octanol–water partition coefficient (Wildman–Crippen LogP) is 3.32. The lowest BCUT2D eigenvalue weighted by Gasteiger charge is -2.25. The van der Waals surface area contributed by atoms with E-state index in [1.807, 2.05) is 13.8 Å². The molecular weight excluding hydrogens is 414 g/mol. The summed E-state index contributed by atoms with van der Waals surface area (Å²) in [4.78, 5) is 27.5. The molecule has 7 nitrogen and oxygen atoms in total. The Morgan fingerprint density at radius 1 is 1.16 bits per heavy atom. The van der Waals surface area contributed by atoms with E-state index in [1.54, 1.807) is 48.2 Å². The molecular formula is C23H29N3O4S. The topological polar surface area (TPSA) is 95.6 Å². The Morgan fingerprint density at radius 3 is 2.61 bits per heavy atom. The van der Waals surface area contributed by atoms with Gasteiger partial charge >= 0.3 is 0 Å². The van der Waals surface area contributed by atoms with E-state index in [2.05, 4.69) is 10.0 Å². The molecule has 166 valence electrons. The second kappa shape index (κ2) is 9.51. The van der Waals surface area contributed by atoms with Crippen LogP contribution in [0.4, 0.5) is 5.69 Å². The van der Waals surface area contributed by atoms with Crippen molar-refractivity contribution in [3.8, 4) is 0 Å². The first-order valence-electron chi connectivity index (χ1n) is 10.5. The summed E-state index contributed by atoms with van der Waals surface area (Å²) >= 11 is 0. The van der Waals surface area contributed by atoms with Gasteiger partial charge in [-0.05, 0) is 62.9 Å². The van der Waals surface area contributed by atoms with E-state index in [9.17, 15) is 18.0 Å². The van der Waals surface area contributed by atoms with Gasteiger partial charge in [0.05, 0.1) is 4.90 Å². The summed E-state index contributed by atoms with van der Waals surface area (Å²) < 4.78 is 28.1. The van der Waals surface area contributed by atoms with Crippen LogP contribution in [0.15, 0.2) is 53.4 Å². The highest BCUT2D eigenvalue weighted by molar-refractivity contribution is 7.92. The molecule has 8 heteroatoms. The maximum absolute atomic E-state index is 13.1. The molecule has 2 atom stereocenters. The molecule has 2 amide bonds. The number of carbonyl (C=O) groups excluding carboxylic acids is 2. The maximum atomic E-state index is 13.1. The van der Waals surface area contributed by atoms with E-state index in [1.165, 1.54) is 12.1 Å². The van der Waals surface area contributed by atoms with Crippen LogP contribution in [0.25, 0.3) is 0 Å². The summed E-state index contributed by atoms with van der Waals surface area (Å²) in [6, 6.07) is 12.6. The van der Waals surface area contributed by atoms with Crippen LogP contribution >= 0.6 is 0 Å². The summed E-state index contributed by atoms with van der Waals surface area (Å²) in [5.41, 5.74) is 1.27. The number of nitrogens with zero attached hydrogens (tertiary/aromatic N) is 1. The van der Waals surface area contributed by atoms with Crippen LogP contribution in [0, 0.1) is 6.92 Å². The average molecular weight is 444 g/mol. The van der Waals surface area contributed by atoms with Gasteiger partial charge in [0.2, 0.25) is 5.91 Å². The van der Waals surface area contributed by atoms with Gasteiger partial charge in [0.15, 0.2) is 0 Å². The van der Waals surface area contributed by atoms with Gasteiger partial charge in [0, 0.05) is 23.8 Å². The molecule has 1 fully saturated rings. The molecule has 31 heavy (non-hydrogen) atoms. The maximum Gasteiger partial charge on any atom is 0.262 e. The van der Waals surface area contributed by atoms with Gasteiger partial charge < -0.3 is 10.2 Å². The molecule has 0 saturated carbocycles. The Bertz CT molecular complexity index is 1070. The van der Waals surface area contributed by atoms with Crippen molar-refractivity contribution >= 4 is 27.5 Å². The number of rotatable bonds is 7. The van der Waals surface area contributed by atoms with Gasteiger partial charge in [-0.25, -0.2) is 8.42 Å². The zero-order valence-electron chi connectivity index (χ0n) is 18.1. The zero-order chi connectivity index (χ0) is 22.6. The van der Waals surface area contributed by atoms with Gasteiger partial charge in [-0.1, -0.05) is 31.2 Å². The minimum atomic E-state index is -3.79. The van der Waals surface area contributed by atoms with Crippen molar-refractivity contribution in [1.82, 2.24) is 10.2 Å². The smallest absolute Gasteiger partial charge is 0.262 e. The van der Waals surface area contributed by atoms with Crippen LogP contribution < -0.4 is 10.0 Å². The van der Waals surface area contributed by atoms with Crippen LogP contribution in [0.5, 0.6) is 0 Å². The lowest BCUT2D eigenvalue weighted by Crippen LogP contribution is -2.48. The van der Waals surface area contributed by atoms with Crippen LogP contribution in [-0.2, 0) is 14.8 Å². The van der Waals surface area contributed by atoms with Crippen LogP contribution in [0.1, 0.15) is 49.0 Å². The third-order valence-electron chi connectivity index (χ3n) is 5.56. The normalized spacial score (nSPS) is 17.3. The zero-order valence-corrected chi connectivity index (χ0v) is 18.9. The van der Waals surface area contributed by atoms with Crippen molar-refractivity contribution in [1.29, 1.82) is 0 Å². The number of hydrogen-bond acceptors (Lipinski definition) is 4. The summed E-state index contributed by atoms with van der Waals surface area (Å²) in [6.07, 6.45) is 2.19. The third kappa shape index (κ3) is 5.25. The number of sulfonamides is 1. The highest BCUT2D eigenvalue weighted by Gasteiger charge is 2.35. The number of anilines is 1. The van der Waals surface area contributed by atoms with Crippen molar-refractivity contribution in [2.45, 2.75) is 57.0 Å². The van der Waals surface area contributed by atoms with Crippen molar-refractivity contribution in [3.05, 3.63) is 59.7 Å². The monoisotopic (exact) mass is 443 g/mol. The third-order valence-corrected chi connectivity index (χ3v) is 7.10. The Kier molecular flexibility index (Phi) is 7.00. The van der Waals surface area contributed by atoms with Crippen molar-refractivity contribution in [2.75, 3.05) is 11.3 Å². The van der Waals surface area contributed by atoms with Gasteiger partial charge in [-0.2, -0.15) is 0 Å². The second-order valence-electron chi connectivity index (χ2n) is 7.93. The Labute approximate surface area is 183 Å². The standard InChI is InChI=1S/C23H29N3O4S/c1-4-17(3)24-22(27)20-12-8-14-26(20)23(28)18-10-7-11-19(15-18)25-31(29,30)21-13-6-5-9-16(21)2/h5-7,9-11,13,15,17,20,25H,4,8,12,14H2,1-3H3,(H,24,27). The molecule has 0 bridgehead atoms. The van der Waals surface area contributed by atoms with E-state index in [0.29, 0.717) is 29.8 Å². The lowest BCUT2D eigenvalue weighted by atomic mass is 10.1. The highest BCUT2D eigenvalue weighted by Crippen LogP contribution is 2.24. The molecule has 2 unspecified atom stereocenters. The number of carbonyl (C=O) groups is 2. The fourth-order valence-electron chi connectivity index (χ4n) is 3.67. The van der Waals surface area contributed by atoms with E-state index in [4.69, 9.17) is 0 Å². The van der Waals surface area contributed by atoms with Crippen molar-refractivity contribution in [2.24, 2.45) is 0 Å². The van der Waals surface area contributed by atoms with Crippen LogP contribution in [0.3, 0.4) is 0 Å². The number of hydrogen-bond donors (Lipinski definition) is 2. The molecule has 1 heterocycles. The fraction of sp³-hybridized carbons (Fsp3) is 0.391. The molecule has 3 rings (SSSR count). The SMILES string of the molecule is CCC(C)NC(=O)C1CCCN1C(=O)c1cccc(NS(=O)(=O)c2ccccc2C)c1. The molecule has 2 aromatic carbocycles. The fourth-order valence-corrected chi connectivity index (χ4v) is 4.97. The quantitative estimate of drug-likeness (QED) is 0.686. The molecule has 2 N–H and O–H groups in total. The van der Waals surface area contributed by atoms with Gasteiger partial charge in [0.1, 0.15) is 6.04 Å². The lowest BCUT2D eigenvalue weighted by molar-refractivity contribution is -0.125. The van der Waals surface area contributed by atoms with Gasteiger partial charge in [-0.3, -0.25) is 14.3 Å². The van der Waals surface area contributed by atoms with Gasteiger partial charge in [0.25, 0.3) is 15.9 Å². The average Bonchev–Trinajstić information content (AvgIpc) is 3.23. The molecule has 1 saturated heterocycles. The number of aryl methyl sites for hydroxylation is 1. The first-order chi connectivity index (χ1) is 14.7. The van der Waals surface area contributed by atoms with Crippen LogP contribution in [0.2, 0.25) is 0 Å². The summed E-state index contributed by atoms with van der Waals surface area (Å²) in [5.74, 6) is -0.421.